The van der Waals surface area contributed by atoms with E-state index in [2.05, 4.69) is 0 Å². The van der Waals surface area contributed by atoms with Crippen molar-refractivity contribution < 1.29 is 14.6 Å². The maximum atomic E-state index is 11.0. The van der Waals surface area contributed by atoms with Crippen molar-refractivity contribution in [3.8, 4) is 0 Å². The molecular weight excluding hydrogens is 216 g/mol. The highest BCUT2D eigenvalue weighted by Crippen LogP contribution is 2.25. The Hall–Kier alpha value is -0.930. The van der Waals surface area contributed by atoms with Gasteiger partial charge in [-0.25, -0.2) is 0 Å². The average Bonchev–Trinajstić information content (AvgIpc) is 2.64. The second-order valence-electron chi connectivity index (χ2n) is 4.90. The molecule has 1 N–H and O–H groups in total. The third kappa shape index (κ3) is 5.29. The summed E-state index contributed by atoms with van der Waals surface area (Å²) < 4.78 is 5.65. The summed E-state index contributed by atoms with van der Waals surface area (Å²) in [6.45, 7) is 5.58. The molecule has 1 rings (SSSR count). The molecule has 0 spiro atoms. The first kappa shape index (κ1) is 14.1. The van der Waals surface area contributed by atoms with E-state index in [0.29, 0.717) is 6.42 Å². The monoisotopic (exact) mass is 238 g/mol. The Bertz CT molecular complexity index is 313. The first-order valence-electron chi connectivity index (χ1n) is 6.13. The summed E-state index contributed by atoms with van der Waals surface area (Å²) in [7, 11) is 0. The molecule has 0 bridgehead atoms. The van der Waals surface area contributed by atoms with Crippen LogP contribution < -0.4 is 0 Å². The number of aliphatic hydroxyl groups excluding tert-OH is 1. The number of hydrogen-bond acceptors (Lipinski definition) is 3. The van der Waals surface area contributed by atoms with Gasteiger partial charge in [-0.3, -0.25) is 4.79 Å². The normalized spacial score (nSPS) is 26.1. The molecule has 1 fully saturated rings. The van der Waals surface area contributed by atoms with E-state index in [1.807, 2.05) is 26.0 Å². The lowest BCUT2D eigenvalue weighted by molar-refractivity contribution is -0.120. The topological polar surface area (TPSA) is 46.5 Å². The van der Waals surface area contributed by atoms with Gasteiger partial charge in [0.25, 0.3) is 0 Å². The molecule has 0 saturated carbocycles. The summed E-state index contributed by atoms with van der Waals surface area (Å²) in [6, 6.07) is 0. The van der Waals surface area contributed by atoms with Gasteiger partial charge in [-0.05, 0) is 33.6 Å². The minimum atomic E-state index is -0.581. The first-order chi connectivity index (χ1) is 7.99. The van der Waals surface area contributed by atoms with E-state index in [0.717, 1.165) is 12.8 Å². The quantitative estimate of drug-likeness (QED) is 0.748. The van der Waals surface area contributed by atoms with Crippen molar-refractivity contribution in [2.75, 3.05) is 0 Å². The summed E-state index contributed by atoms with van der Waals surface area (Å²) in [6.07, 6.45) is 6.92. The van der Waals surface area contributed by atoms with E-state index in [1.54, 1.807) is 13.0 Å². The maximum absolute atomic E-state index is 11.0. The number of allylic oxidation sites excluding steroid dienone is 3. The van der Waals surface area contributed by atoms with Crippen molar-refractivity contribution >= 4 is 5.78 Å². The zero-order chi connectivity index (χ0) is 12.8. The molecule has 96 valence electrons. The molecular formula is C14H22O3. The van der Waals surface area contributed by atoms with Crippen LogP contribution in [0.25, 0.3) is 0 Å². The third-order valence-electron chi connectivity index (χ3n) is 2.77. The Morgan fingerprint density at radius 2 is 2.12 bits per heavy atom. The standard InChI is InChI=1S/C14H22O3/c1-10(2)5-4-6-13(16)14-8-7-12(17-14)9-11(3)15/h4-6,12-14,16H,7-9H2,1-3H3/b6-4+/t12-,13+,14-/m1/s1. The Labute approximate surface area is 103 Å². The number of rotatable bonds is 5. The zero-order valence-electron chi connectivity index (χ0n) is 10.8. The van der Waals surface area contributed by atoms with Crippen molar-refractivity contribution in [3.63, 3.8) is 0 Å². The SMILES string of the molecule is CC(=O)C[C@H]1CC[C@H]([C@@H](O)/C=C/C=C(C)C)O1. The van der Waals surface area contributed by atoms with Crippen LogP contribution in [0.1, 0.15) is 40.0 Å². The van der Waals surface area contributed by atoms with Crippen molar-refractivity contribution in [2.45, 2.75) is 58.3 Å². The minimum Gasteiger partial charge on any atom is -0.386 e. The predicted octanol–water partition coefficient (Wildman–Crippen LogP) is 2.40. The lowest BCUT2D eigenvalue weighted by atomic mass is 10.1. The summed E-state index contributed by atoms with van der Waals surface area (Å²) in [5.41, 5.74) is 1.19. The smallest absolute Gasteiger partial charge is 0.132 e. The van der Waals surface area contributed by atoms with Crippen LogP contribution in [0.3, 0.4) is 0 Å². The largest absolute Gasteiger partial charge is 0.386 e. The van der Waals surface area contributed by atoms with E-state index in [4.69, 9.17) is 4.74 Å². The van der Waals surface area contributed by atoms with Gasteiger partial charge in [0.05, 0.1) is 18.3 Å². The number of hydrogen-bond donors (Lipinski definition) is 1. The highest BCUT2D eigenvalue weighted by atomic mass is 16.5. The van der Waals surface area contributed by atoms with Gasteiger partial charge in [-0.2, -0.15) is 0 Å². The number of aliphatic hydroxyl groups is 1. The van der Waals surface area contributed by atoms with Crippen LogP contribution in [0.4, 0.5) is 0 Å². The van der Waals surface area contributed by atoms with E-state index in [9.17, 15) is 9.90 Å². The van der Waals surface area contributed by atoms with Crippen LogP contribution in [0.2, 0.25) is 0 Å². The summed E-state index contributed by atoms with van der Waals surface area (Å²) >= 11 is 0. The minimum absolute atomic E-state index is 0.0102. The molecule has 0 unspecified atom stereocenters. The van der Waals surface area contributed by atoms with Gasteiger partial charge in [0.2, 0.25) is 0 Å². The van der Waals surface area contributed by atoms with Crippen molar-refractivity contribution in [1.82, 2.24) is 0 Å². The van der Waals surface area contributed by atoms with E-state index >= 15 is 0 Å². The van der Waals surface area contributed by atoms with Gasteiger partial charge in [-0.1, -0.05) is 23.8 Å². The van der Waals surface area contributed by atoms with Crippen LogP contribution in [0.15, 0.2) is 23.8 Å². The molecule has 0 aromatic carbocycles. The van der Waals surface area contributed by atoms with Crippen molar-refractivity contribution in [3.05, 3.63) is 23.8 Å². The Balaban J connectivity index is 2.40. The molecule has 1 aliphatic rings. The molecule has 3 atom stereocenters. The molecule has 0 radical (unpaired) electrons. The van der Waals surface area contributed by atoms with Crippen LogP contribution in [0, 0.1) is 0 Å². The summed E-state index contributed by atoms with van der Waals surface area (Å²) in [4.78, 5) is 11.0. The molecule has 0 aromatic heterocycles. The third-order valence-corrected chi connectivity index (χ3v) is 2.77. The number of Topliss-reactive ketones (excluding diaryl/α,β-unsaturated/α-hetero) is 1. The predicted molar refractivity (Wildman–Crippen MR) is 67.8 cm³/mol. The second-order valence-corrected chi connectivity index (χ2v) is 4.90. The van der Waals surface area contributed by atoms with Crippen LogP contribution >= 0.6 is 0 Å². The summed E-state index contributed by atoms with van der Waals surface area (Å²) in [5, 5.41) is 9.89. The molecule has 17 heavy (non-hydrogen) atoms. The van der Waals surface area contributed by atoms with Gasteiger partial charge in [0.15, 0.2) is 0 Å². The molecule has 0 aliphatic carbocycles. The fourth-order valence-corrected chi connectivity index (χ4v) is 1.94. The van der Waals surface area contributed by atoms with Gasteiger partial charge >= 0.3 is 0 Å². The van der Waals surface area contributed by atoms with Gasteiger partial charge in [-0.15, -0.1) is 0 Å². The van der Waals surface area contributed by atoms with E-state index in [-0.39, 0.29) is 18.0 Å². The Morgan fingerprint density at radius 3 is 2.71 bits per heavy atom. The number of carbonyl (C=O) groups is 1. The van der Waals surface area contributed by atoms with Crippen LogP contribution in [-0.4, -0.2) is 29.2 Å². The highest BCUT2D eigenvalue weighted by Gasteiger charge is 2.29. The molecule has 3 heteroatoms. The number of ketones is 1. The Kier molecular flexibility index (Phi) is 5.59. The lowest BCUT2D eigenvalue weighted by Crippen LogP contribution is -2.24. The summed E-state index contributed by atoms with van der Waals surface area (Å²) in [5.74, 6) is 0.144. The Morgan fingerprint density at radius 1 is 1.41 bits per heavy atom. The van der Waals surface area contributed by atoms with E-state index in [1.165, 1.54) is 5.57 Å². The van der Waals surface area contributed by atoms with E-state index < -0.39 is 6.10 Å². The first-order valence-corrected chi connectivity index (χ1v) is 6.13. The van der Waals surface area contributed by atoms with Gasteiger partial charge in [0.1, 0.15) is 5.78 Å². The van der Waals surface area contributed by atoms with Gasteiger partial charge < -0.3 is 9.84 Å². The van der Waals surface area contributed by atoms with Crippen LogP contribution in [0.5, 0.6) is 0 Å². The zero-order valence-corrected chi connectivity index (χ0v) is 10.8. The molecule has 0 aromatic rings. The average molecular weight is 238 g/mol. The second kappa shape index (κ2) is 6.72. The number of carbonyl (C=O) groups excluding carboxylic acids is 1. The van der Waals surface area contributed by atoms with Crippen molar-refractivity contribution in [2.24, 2.45) is 0 Å². The molecule has 1 heterocycles. The molecule has 1 saturated heterocycles. The lowest BCUT2D eigenvalue weighted by Gasteiger charge is -2.15. The molecule has 3 nitrogen and oxygen atoms in total. The van der Waals surface area contributed by atoms with Crippen LogP contribution in [-0.2, 0) is 9.53 Å². The molecule has 1 aliphatic heterocycles. The highest BCUT2D eigenvalue weighted by molar-refractivity contribution is 5.76. The number of ether oxygens (including phenoxy) is 1. The maximum Gasteiger partial charge on any atom is 0.132 e. The van der Waals surface area contributed by atoms with Gasteiger partial charge in [0, 0.05) is 6.42 Å². The molecule has 0 amide bonds. The van der Waals surface area contributed by atoms with Crippen molar-refractivity contribution in [1.29, 1.82) is 0 Å². The fourth-order valence-electron chi connectivity index (χ4n) is 1.94. The fraction of sp³-hybridized carbons (Fsp3) is 0.643.